The van der Waals surface area contributed by atoms with Gasteiger partial charge in [0.1, 0.15) is 4.60 Å². The van der Waals surface area contributed by atoms with Gasteiger partial charge in [0.25, 0.3) is 0 Å². The molecule has 2 rings (SSSR count). The highest BCUT2D eigenvalue weighted by molar-refractivity contribution is 9.10. The molecular weight excluding hydrogens is 252 g/mol. The zero-order valence-corrected chi connectivity index (χ0v) is 10.4. The number of rotatable bonds is 2. The first-order chi connectivity index (χ1) is 7.29. The van der Waals surface area contributed by atoms with Gasteiger partial charge in [-0.2, -0.15) is 0 Å². The lowest BCUT2D eigenvalue weighted by molar-refractivity contribution is 0.307. The van der Waals surface area contributed by atoms with Gasteiger partial charge < -0.3 is 5.73 Å². The molecule has 1 aliphatic carbocycles. The van der Waals surface area contributed by atoms with E-state index in [2.05, 4.69) is 27.0 Å². The van der Waals surface area contributed by atoms with Crippen molar-refractivity contribution >= 4 is 15.9 Å². The zero-order chi connectivity index (χ0) is 10.7. The van der Waals surface area contributed by atoms with Gasteiger partial charge in [0.05, 0.1) is 0 Å². The number of hydrogen-bond donors (Lipinski definition) is 1. The van der Waals surface area contributed by atoms with Crippen LogP contribution < -0.4 is 5.73 Å². The molecule has 0 amide bonds. The lowest BCUT2D eigenvalue weighted by Gasteiger charge is -2.28. The summed E-state index contributed by atoms with van der Waals surface area (Å²) in [6, 6.07) is 4.19. The van der Waals surface area contributed by atoms with Gasteiger partial charge in [-0.3, -0.25) is 0 Å². The number of nitrogens with two attached hydrogens (primary N) is 1. The summed E-state index contributed by atoms with van der Waals surface area (Å²) in [5.74, 6) is 0.638. The van der Waals surface area contributed by atoms with E-state index in [1.165, 1.54) is 32.1 Å². The Kier molecular flexibility index (Phi) is 3.76. The van der Waals surface area contributed by atoms with E-state index >= 15 is 0 Å². The van der Waals surface area contributed by atoms with Crippen molar-refractivity contribution in [3.63, 3.8) is 0 Å². The molecule has 0 saturated heterocycles. The van der Waals surface area contributed by atoms with Crippen molar-refractivity contribution in [1.29, 1.82) is 0 Å². The van der Waals surface area contributed by atoms with E-state index in [0.717, 1.165) is 10.2 Å². The number of hydrogen-bond acceptors (Lipinski definition) is 2. The largest absolute Gasteiger partial charge is 0.324 e. The molecule has 0 aliphatic heterocycles. The lowest BCUT2D eigenvalue weighted by Crippen LogP contribution is -2.24. The molecule has 0 aromatic carbocycles. The minimum absolute atomic E-state index is 0.147. The standard InChI is InChI=1S/C12H17BrN2/c13-12-10(7-4-8-15-12)11(14)9-5-2-1-3-6-9/h4,7-9,11H,1-3,5-6,14H2/t11-/m0/s1. The predicted molar refractivity (Wildman–Crippen MR) is 65.4 cm³/mol. The molecule has 1 aromatic heterocycles. The normalized spacial score (nSPS) is 20.1. The Labute approximate surface area is 99.4 Å². The smallest absolute Gasteiger partial charge is 0.110 e. The summed E-state index contributed by atoms with van der Waals surface area (Å²) in [6.45, 7) is 0. The lowest BCUT2D eigenvalue weighted by atomic mass is 9.82. The first-order valence-electron chi connectivity index (χ1n) is 5.65. The molecule has 1 heterocycles. The van der Waals surface area contributed by atoms with Crippen molar-refractivity contribution < 1.29 is 0 Å². The predicted octanol–water partition coefficient (Wildman–Crippen LogP) is 3.42. The van der Waals surface area contributed by atoms with E-state index in [4.69, 9.17) is 5.73 Å². The van der Waals surface area contributed by atoms with E-state index in [-0.39, 0.29) is 6.04 Å². The van der Waals surface area contributed by atoms with E-state index in [1.54, 1.807) is 6.20 Å². The maximum atomic E-state index is 6.30. The van der Waals surface area contributed by atoms with Crippen LogP contribution in [0.4, 0.5) is 0 Å². The van der Waals surface area contributed by atoms with Gasteiger partial charge in [-0.1, -0.05) is 25.3 Å². The number of halogens is 1. The molecule has 1 atom stereocenters. The fraction of sp³-hybridized carbons (Fsp3) is 0.583. The van der Waals surface area contributed by atoms with Crippen LogP contribution in [0.1, 0.15) is 43.7 Å². The van der Waals surface area contributed by atoms with Crippen LogP contribution in [0.2, 0.25) is 0 Å². The monoisotopic (exact) mass is 268 g/mol. The van der Waals surface area contributed by atoms with Gasteiger partial charge in [0.2, 0.25) is 0 Å². The fourth-order valence-electron chi connectivity index (χ4n) is 2.39. The molecule has 0 spiro atoms. The highest BCUT2D eigenvalue weighted by Gasteiger charge is 2.23. The summed E-state index contributed by atoms with van der Waals surface area (Å²) in [4.78, 5) is 4.23. The minimum atomic E-state index is 0.147. The van der Waals surface area contributed by atoms with Gasteiger partial charge in [-0.25, -0.2) is 4.98 Å². The highest BCUT2D eigenvalue weighted by atomic mass is 79.9. The molecule has 15 heavy (non-hydrogen) atoms. The number of aromatic nitrogens is 1. The van der Waals surface area contributed by atoms with Crippen LogP contribution in [0.5, 0.6) is 0 Å². The van der Waals surface area contributed by atoms with Crippen molar-refractivity contribution in [1.82, 2.24) is 4.98 Å². The Morgan fingerprint density at radius 1 is 1.33 bits per heavy atom. The Morgan fingerprint density at radius 3 is 2.73 bits per heavy atom. The molecule has 1 aliphatic rings. The summed E-state index contributed by atoms with van der Waals surface area (Å²) in [5.41, 5.74) is 7.46. The third kappa shape index (κ3) is 2.58. The Hall–Kier alpha value is -0.410. The molecule has 1 aromatic rings. The van der Waals surface area contributed by atoms with Crippen LogP contribution in [-0.4, -0.2) is 4.98 Å². The topological polar surface area (TPSA) is 38.9 Å². The van der Waals surface area contributed by atoms with E-state index < -0.39 is 0 Å². The zero-order valence-electron chi connectivity index (χ0n) is 8.82. The van der Waals surface area contributed by atoms with Gasteiger partial charge in [0, 0.05) is 17.8 Å². The Balaban J connectivity index is 2.12. The number of pyridine rings is 1. The van der Waals surface area contributed by atoms with Crippen LogP contribution in [0.3, 0.4) is 0 Å². The van der Waals surface area contributed by atoms with Crippen LogP contribution >= 0.6 is 15.9 Å². The van der Waals surface area contributed by atoms with Crippen LogP contribution in [-0.2, 0) is 0 Å². The van der Waals surface area contributed by atoms with E-state index in [1.807, 2.05) is 6.07 Å². The molecule has 2 nitrogen and oxygen atoms in total. The molecule has 1 fully saturated rings. The third-order valence-corrected chi connectivity index (χ3v) is 3.97. The van der Waals surface area contributed by atoms with E-state index in [0.29, 0.717) is 5.92 Å². The molecule has 2 N–H and O–H groups in total. The molecule has 0 bridgehead atoms. The summed E-state index contributed by atoms with van der Waals surface area (Å²) in [7, 11) is 0. The SMILES string of the molecule is N[C@H](c1cccnc1Br)C1CCCCC1. The van der Waals surface area contributed by atoms with Gasteiger partial charge in [-0.15, -0.1) is 0 Å². The molecule has 0 radical (unpaired) electrons. The quantitative estimate of drug-likeness (QED) is 0.835. The van der Waals surface area contributed by atoms with Crippen molar-refractivity contribution in [2.45, 2.75) is 38.1 Å². The average molecular weight is 269 g/mol. The van der Waals surface area contributed by atoms with Crippen molar-refractivity contribution in [2.75, 3.05) is 0 Å². The van der Waals surface area contributed by atoms with Gasteiger partial charge in [-0.05, 0) is 40.8 Å². The highest BCUT2D eigenvalue weighted by Crippen LogP contribution is 2.34. The van der Waals surface area contributed by atoms with Crippen LogP contribution in [0.25, 0.3) is 0 Å². The molecule has 82 valence electrons. The van der Waals surface area contributed by atoms with Crippen molar-refractivity contribution in [3.8, 4) is 0 Å². The van der Waals surface area contributed by atoms with Crippen LogP contribution in [0, 0.1) is 5.92 Å². The van der Waals surface area contributed by atoms with Crippen molar-refractivity contribution in [3.05, 3.63) is 28.5 Å². The molecular formula is C12H17BrN2. The number of nitrogens with zero attached hydrogens (tertiary/aromatic N) is 1. The maximum absolute atomic E-state index is 6.30. The second-order valence-corrected chi connectivity index (χ2v) is 5.06. The first kappa shape index (κ1) is 11.1. The second kappa shape index (κ2) is 5.08. The van der Waals surface area contributed by atoms with Gasteiger partial charge in [0.15, 0.2) is 0 Å². The summed E-state index contributed by atoms with van der Waals surface area (Å²) in [5, 5.41) is 0. The maximum Gasteiger partial charge on any atom is 0.110 e. The minimum Gasteiger partial charge on any atom is -0.324 e. The average Bonchev–Trinajstić information content (AvgIpc) is 2.30. The summed E-state index contributed by atoms with van der Waals surface area (Å²) in [6.07, 6.45) is 8.36. The first-order valence-corrected chi connectivity index (χ1v) is 6.44. The van der Waals surface area contributed by atoms with Crippen molar-refractivity contribution in [2.24, 2.45) is 11.7 Å². The summed E-state index contributed by atoms with van der Waals surface area (Å²) < 4.78 is 0.906. The Morgan fingerprint density at radius 2 is 2.07 bits per heavy atom. The summed E-state index contributed by atoms with van der Waals surface area (Å²) >= 11 is 3.47. The van der Waals surface area contributed by atoms with Gasteiger partial charge >= 0.3 is 0 Å². The molecule has 0 unspecified atom stereocenters. The van der Waals surface area contributed by atoms with E-state index in [9.17, 15) is 0 Å². The molecule has 3 heteroatoms. The van der Waals surface area contributed by atoms with Crippen LogP contribution in [0.15, 0.2) is 22.9 Å². The Bertz CT molecular complexity index is 321. The fourth-order valence-corrected chi connectivity index (χ4v) is 2.91. The second-order valence-electron chi connectivity index (χ2n) is 4.31. The third-order valence-electron chi connectivity index (χ3n) is 3.30. The molecule has 1 saturated carbocycles.